The van der Waals surface area contributed by atoms with Crippen molar-refractivity contribution < 1.29 is 0 Å². The molecule has 0 atom stereocenters. The van der Waals surface area contributed by atoms with Gasteiger partial charge in [-0.15, -0.1) is 0 Å². The van der Waals surface area contributed by atoms with E-state index in [-0.39, 0.29) is 5.41 Å². The third-order valence-corrected chi connectivity index (χ3v) is 3.44. The fourth-order valence-electron chi connectivity index (χ4n) is 2.38. The predicted octanol–water partition coefficient (Wildman–Crippen LogP) is 3.44. The van der Waals surface area contributed by atoms with Crippen LogP contribution in [0.2, 0.25) is 0 Å². The molecule has 0 heterocycles. The molecule has 1 heteroatoms. The maximum Gasteiger partial charge on any atom is -0.00168 e. The lowest BCUT2D eigenvalue weighted by molar-refractivity contribution is 0.331. The highest BCUT2D eigenvalue weighted by Crippen LogP contribution is 2.26. The van der Waals surface area contributed by atoms with Crippen LogP contribution in [0.1, 0.15) is 18.1 Å². The molecule has 0 saturated carbocycles. The molecule has 1 nitrogen and oxygen atoms in total. The topological polar surface area (TPSA) is 26.0 Å². The molecule has 0 radical (unpaired) electrons. The minimum absolute atomic E-state index is 0.128. The Morgan fingerprint density at radius 2 is 1.17 bits per heavy atom. The van der Waals surface area contributed by atoms with Gasteiger partial charge < -0.3 is 5.73 Å². The van der Waals surface area contributed by atoms with Gasteiger partial charge in [-0.25, -0.2) is 0 Å². The Hall–Kier alpha value is -1.60. The summed E-state index contributed by atoms with van der Waals surface area (Å²) >= 11 is 0. The zero-order valence-corrected chi connectivity index (χ0v) is 11.0. The fraction of sp³-hybridized carbons (Fsp3) is 0.294. The smallest absolute Gasteiger partial charge is 0.00168 e. The first-order valence-electron chi connectivity index (χ1n) is 6.50. The molecule has 0 saturated heterocycles. The molecule has 2 aromatic rings. The second-order valence-corrected chi connectivity index (χ2v) is 5.34. The monoisotopic (exact) mass is 239 g/mol. The van der Waals surface area contributed by atoms with Crippen LogP contribution >= 0.6 is 0 Å². The van der Waals surface area contributed by atoms with Gasteiger partial charge in [-0.1, -0.05) is 67.6 Å². The van der Waals surface area contributed by atoms with E-state index in [1.807, 2.05) is 0 Å². The highest BCUT2D eigenvalue weighted by atomic mass is 14.6. The van der Waals surface area contributed by atoms with Crippen LogP contribution in [0.15, 0.2) is 60.7 Å². The van der Waals surface area contributed by atoms with Gasteiger partial charge in [0.25, 0.3) is 0 Å². The van der Waals surface area contributed by atoms with Crippen LogP contribution in [0.4, 0.5) is 0 Å². The van der Waals surface area contributed by atoms with Gasteiger partial charge in [0.2, 0.25) is 0 Å². The van der Waals surface area contributed by atoms with E-state index in [9.17, 15) is 0 Å². The molecule has 2 N–H and O–H groups in total. The molecule has 2 rings (SSSR count). The zero-order valence-electron chi connectivity index (χ0n) is 11.0. The molecule has 0 aliphatic rings. The number of nitrogens with two attached hydrogens (primary N) is 1. The summed E-state index contributed by atoms with van der Waals surface area (Å²) < 4.78 is 0. The third kappa shape index (κ3) is 3.44. The van der Waals surface area contributed by atoms with Gasteiger partial charge >= 0.3 is 0 Å². The van der Waals surface area contributed by atoms with Crippen LogP contribution in [0.25, 0.3) is 0 Å². The van der Waals surface area contributed by atoms with Gasteiger partial charge in [0.05, 0.1) is 0 Å². The minimum Gasteiger partial charge on any atom is -0.330 e. The summed E-state index contributed by atoms with van der Waals surface area (Å²) in [5, 5.41) is 0. The summed E-state index contributed by atoms with van der Waals surface area (Å²) in [6.45, 7) is 2.98. The average molecular weight is 239 g/mol. The van der Waals surface area contributed by atoms with Crippen LogP contribution in [-0.4, -0.2) is 6.54 Å². The summed E-state index contributed by atoms with van der Waals surface area (Å²) in [4.78, 5) is 0. The molecule has 18 heavy (non-hydrogen) atoms. The van der Waals surface area contributed by atoms with Gasteiger partial charge in [-0.2, -0.15) is 0 Å². The van der Waals surface area contributed by atoms with Crippen molar-refractivity contribution in [3.8, 4) is 0 Å². The number of hydrogen-bond acceptors (Lipinski definition) is 1. The second-order valence-electron chi connectivity index (χ2n) is 5.34. The van der Waals surface area contributed by atoms with Crippen LogP contribution < -0.4 is 5.73 Å². The van der Waals surface area contributed by atoms with Gasteiger partial charge in [0.15, 0.2) is 0 Å². The molecule has 0 fully saturated rings. The molecule has 0 spiro atoms. The van der Waals surface area contributed by atoms with Crippen LogP contribution in [0.3, 0.4) is 0 Å². The first-order valence-corrected chi connectivity index (χ1v) is 6.50. The highest BCUT2D eigenvalue weighted by Gasteiger charge is 2.23. The lowest BCUT2D eigenvalue weighted by Gasteiger charge is -2.28. The Labute approximate surface area is 110 Å². The lowest BCUT2D eigenvalue weighted by Crippen LogP contribution is -2.32. The normalized spacial score (nSPS) is 11.4. The number of rotatable bonds is 5. The van der Waals surface area contributed by atoms with E-state index < -0.39 is 0 Å². The molecule has 0 aliphatic carbocycles. The van der Waals surface area contributed by atoms with Crippen LogP contribution in [0.5, 0.6) is 0 Å². The quantitative estimate of drug-likeness (QED) is 0.850. The largest absolute Gasteiger partial charge is 0.330 e. The summed E-state index contributed by atoms with van der Waals surface area (Å²) in [5.41, 5.74) is 8.86. The molecule has 0 unspecified atom stereocenters. The van der Waals surface area contributed by atoms with Crippen molar-refractivity contribution in [3.05, 3.63) is 71.8 Å². The minimum atomic E-state index is 0.128. The molecule has 0 aromatic heterocycles. The van der Waals surface area contributed by atoms with Crippen LogP contribution in [-0.2, 0) is 12.8 Å². The third-order valence-electron chi connectivity index (χ3n) is 3.44. The van der Waals surface area contributed by atoms with Gasteiger partial charge in [-0.3, -0.25) is 0 Å². The SMILES string of the molecule is CC(CN)(Cc1ccccc1)Cc1ccccc1. The average Bonchev–Trinajstić information content (AvgIpc) is 2.41. The molecular formula is C17H21N. The van der Waals surface area contributed by atoms with Crippen molar-refractivity contribution in [1.82, 2.24) is 0 Å². The molecule has 2 aromatic carbocycles. The van der Waals surface area contributed by atoms with Crippen molar-refractivity contribution >= 4 is 0 Å². The van der Waals surface area contributed by atoms with Crippen molar-refractivity contribution in [2.24, 2.45) is 11.1 Å². The highest BCUT2D eigenvalue weighted by molar-refractivity contribution is 5.20. The van der Waals surface area contributed by atoms with E-state index in [4.69, 9.17) is 5.73 Å². The number of benzene rings is 2. The van der Waals surface area contributed by atoms with Crippen molar-refractivity contribution in [3.63, 3.8) is 0 Å². The van der Waals surface area contributed by atoms with E-state index in [1.54, 1.807) is 0 Å². The van der Waals surface area contributed by atoms with E-state index in [2.05, 4.69) is 67.6 Å². The summed E-state index contributed by atoms with van der Waals surface area (Å²) in [5.74, 6) is 0. The Morgan fingerprint density at radius 3 is 1.50 bits per heavy atom. The number of hydrogen-bond donors (Lipinski definition) is 1. The summed E-state index contributed by atoms with van der Waals surface area (Å²) in [6, 6.07) is 21.2. The first-order chi connectivity index (χ1) is 8.72. The zero-order chi connectivity index (χ0) is 12.8. The summed E-state index contributed by atoms with van der Waals surface area (Å²) in [6.07, 6.45) is 2.05. The molecule has 0 amide bonds. The van der Waals surface area contributed by atoms with E-state index in [0.717, 1.165) is 12.8 Å². The van der Waals surface area contributed by atoms with Gasteiger partial charge in [-0.05, 0) is 35.9 Å². The van der Waals surface area contributed by atoms with E-state index in [1.165, 1.54) is 11.1 Å². The van der Waals surface area contributed by atoms with E-state index in [0.29, 0.717) is 6.54 Å². The molecular weight excluding hydrogens is 218 g/mol. The molecule has 0 bridgehead atoms. The Morgan fingerprint density at radius 1 is 0.778 bits per heavy atom. The van der Waals surface area contributed by atoms with Crippen LogP contribution in [0, 0.1) is 5.41 Å². The Balaban J connectivity index is 2.11. The Bertz CT molecular complexity index is 420. The maximum atomic E-state index is 6.00. The standard InChI is InChI=1S/C17H21N/c1-17(14-18,12-15-8-4-2-5-9-15)13-16-10-6-3-7-11-16/h2-11H,12-14,18H2,1H3. The molecule has 94 valence electrons. The van der Waals surface area contributed by atoms with E-state index >= 15 is 0 Å². The lowest BCUT2D eigenvalue weighted by atomic mass is 9.78. The fourth-order valence-corrected chi connectivity index (χ4v) is 2.38. The maximum absolute atomic E-state index is 6.00. The molecule has 0 aliphatic heterocycles. The van der Waals surface area contributed by atoms with Crippen molar-refractivity contribution in [2.75, 3.05) is 6.54 Å². The first kappa shape index (κ1) is 12.8. The Kier molecular flexibility index (Phi) is 4.16. The van der Waals surface area contributed by atoms with Gasteiger partial charge in [0.1, 0.15) is 0 Å². The second kappa shape index (κ2) is 5.83. The van der Waals surface area contributed by atoms with Crippen molar-refractivity contribution in [1.29, 1.82) is 0 Å². The van der Waals surface area contributed by atoms with Crippen molar-refractivity contribution in [2.45, 2.75) is 19.8 Å². The van der Waals surface area contributed by atoms with Gasteiger partial charge in [0, 0.05) is 0 Å². The summed E-state index contributed by atoms with van der Waals surface area (Å²) in [7, 11) is 0. The predicted molar refractivity (Wildman–Crippen MR) is 77.5 cm³/mol.